The van der Waals surface area contributed by atoms with Crippen molar-refractivity contribution in [3.05, 3.63) is 23.8 Å². The number of epoxide rings is 1. The van der Waals surface area contributed by atoms with Crippen LogP contribution >= 0.6 is 0 Å². The Morgan fingerprint density at radius 2 is 1.93 bits per heavy atom. The van der Waals surface area contributed by atoms with Gasteiger partial charge >= 0.3 is 0 Å². The van der Waals surface area contributed by atoms with Crippen molar-refractivity contribution in [3.63, 3.8) is 0 Å². The summed E-state index contributed by atoms with van der Waals surface area (Å²) in [6, 6.07) is 0. The number of rotatable bonds is 8. The van der Waals surface area contributed by atoms with Crippen molar-refractivity contribution in [3.8, 4) is 0 Å². The molecule has 0 radical (unpaired) electrons. The van der Waals surface area contributed by atoms with Crippen LogP contribution in [0.15, 0.2) is 23.8 Å². The van der Waals surface area contributed by atoms with Crippen molar-refractivity contribution < 1.29 is 18.8 Å². The average molecular weight is 408 g/mol. The fourth-order valence-corrected chi connectivity index (χ4v) is 4.79. The molecule has 6 heteroatoms. The molecule has 0 aromatic carbocycles. The molecule has 1 amide bonds. The molecule has 0 saturated carbocycles. The second kappa shape index (κ2) is 7.88. The summed E-state index contributed by atoms with van der Waals surface area (Å²) in [6.07, 6.45) is 3.39. The van der Waals surface area contributed by atoms with E-state index in [1.807, 2.05) is 6.08 Å². The van der Waals surface area contributed by atoms with E-state index >= 15 is 0 Å². The normalized spacial score (nSPS) is 24.9. The van der Waals surface area contributed by atoms with E-state index in [0.717, 1.165) is 5.57 Å². The predicted molar refractivity (Wildman–Crippen MR) is 115 cm³/mol. The Bertz CT molecular complexity index is 683. The van der Waals surface area contributed by atoms with Gasteiger partial charge in [-0.3, -0.25) is 9.59 Å². The first-order valence-electron chi connectivity index (χ1n) is 10.1. The van der Waals surface area contributed by atoms with Crippen LogP contribution in [0.5, 0.6) is 0 Å². The molecule has 0 spiro atoms. The van der Waals surface area contributed by atoms with Gasteiger partial charge < -0.3 is 14.1 Å². The lowest BCUT2D eigenvalue weighted by atomic mass is 9.82. The molecule has 1 unspecified atom stereocenters. The minimum atomic E-state index is -2.01. The molecule has 2 rings (SSSR count). The Hall–Kier alpha value is -1.24. The number of Topliss-reactive ketones (excluding diaryl/α,β-unsaturated/α-hetero) is 1. The third-order valence-electron chi connectivity index (χ3n) is 6.62. The molecule has 1 fully saturated rings. The van der Waals surface area contributed by atoms with Crippen molar-refractivity contribution in [2.45, 2.75) is 76.8 Å². The molecule has 1 saturated heterocycles. The minimum absolute atomic E-state index is 0.0324. The lowest BCUT2D eigenvalue weighted by molar-refractivity contribution is -0.127. The molecule has 158 valence electrons. The highest BCUT2D eigenvalue weighted by Gasteiger charge is 2.52. The van der Waals surface area contributed by atoms with Crippen LogP contribution in [0.1, 0.15) is 47.0 Å². The number of amides is 1. The van der Waals surface area contributed by atoms with Crippen molar-refractivity contribution in [2.75, 3.05) is 20.7 Å². The van der Waals surface area contributed by atoms with Crippen LogP contribution in [0.2, 0.25) is 18.1 Å². The molecular weight excluding hydrogens is 370 g/mol. The molecule has 0 bridgehead atoms. The summed E-state index contributed by atoms with van der Waals surface area (Å²) in [5.74, 6) is -0.210. The highest BCUT2D eigenvalue weighted by atomic mass is 28.4. The monoisotopic (exact) mass is 407 g/mol. The standard InChI is InChI=1S/C22H37NO4Si/c1-10-18(27-28(8,9)21(2,3)4)16(22(5)14-26-22)13-15-11-12-17(24)19(15)20(25)23(6)7/h10,16,18H,1,11-14H2,2-9H3/t16-,18-,22?/m0/s1. The molecule has 1 heterocycles. The van der Waals surface area contributed by atoms with Gasteiger partial charge in [-0.1, -0.05) is 32.4 Å². The van der Waals surface area contributed by atoms with Crippen LogP contribution < -0.4 is 0 Å². The number of carbonyl (C=O) groups is 2. The average Bonchev–Trinajstić information content (AvgIpc) is 3.21. The topological polar surface area (TPSA) is 59.1 Å². The van der Waals surface area contributed by atoms with Gasteiger partial charge in [-0.15, -0.1) is 6.58 Å². The maximum Gasteiger partial charge on any atom is 0.256 e. The van der Waals surface area contributed by atoms with Crippen LogP contribution in [-0.4, -0.2) is 57.3 Å². The van der Waals surface area contributed by atoms with E-state index in [-0.39, 0.29) is 34.4 Å². The molecular formula is C22H37NO4Si. The van der Waals surface area contributed by atoms with Gasteiger partial charge in [0, 0.05) is 26.4 Å². The largest absolute Gasteiger partial charge is 0.410 e. The number of hydrogen-bond donors (Lipinski definition) is 0. The molecule has 0 aromatic rings. The zero-order valence-electron chi connectivity index (χ0n) is 18.8. The number of nitrogens with zero attached hydrogens (tertiary/aromatic N) is 1. The second-order valence-corrected chi connectivity index (χ2v) is 14.8. The minimum Gasteiger partial charge on any atom is -0.410 e. The smallest absolute Gasteiger partial charge is 0.256 e. The van der Waals surface area contributed by atoms with Crippen LogP contribution in [0.3, 0.4) is 0 Å². The van der Waals surface area contributed by atoms with Gasteiger partial charge in [0.25, 0.3) is 5.91 Å². The SMILES string of the molecule is C=C[C@H](O[Si](C)(C)C(C)(C)C)[C@H](CC1=C(C(=O)N(C)C)C(=O)CC1)C1(C)CO1. The van der Waals surface area contributed by atoms with E-state index < -0.39 is 8.32 Å². The van der Waals surface area contributed by atoms with Crippen molar-refractivity contribution >= 4 is 20.0 Å². The molecule has 2 aliphatic rings. The zero-order valence-corrected chi connectivity index (χ0v) is 19.8. The number of ether oxygens (including phenoxy) is 1. The number of ketones is 1. The van der Waals surface area contributed by atoms with Crippen LogP contribution in [0.4, 0.5) is 0 Å². The van der Waals surface area contributed by atoms with Gasteiger partial charge in [-0.05, 0) is 37.9 Å². The molecule has 0 N–H and O–H groups in total. The Labute approximate surface area is 171 Å². The summed E-state index contributed by atoms with van der Waals surface area (Å²) in [6.45, 7) is 17.9. The summed E-state index contributed by atoms with van der Waals surface area (Å²) in [5.41, 5.74) is 1.01. The van der Waals surface area contributed by atoms with Crippen molar-refractivity contribution in [1.82, 2.24) is 4.90 Å². The molecule has 1 aliphatic carbocycles. The fourth-order valence-electron chi connectivity index (χ4n) is 3.49. The van der Waals surface area contributed by atoms with E-state index in [1.165, 1.54) is 4.90 Å². The van der Waals surface area contributed by atoms with E-state index in [4.69, 9.17) is 9.16 Å². The van der Waals surface area contributed by atoms with Crippen LogP contribution in [0.25, 0.3) is 0 Å². The molecule has 1 aliphatic heterocycles. The number of carbonyl (C=O) groups excluding carboxylic acids is 2. The lowest BCUT2D eigenvalue weighted by Crippen LogP contribution is -2.47. The first-order chi connectivity index (χ1) is 12.7. The number of allylic oxidation sites excluding steroid dienone is 1. The van der Waals surface area contributed by atoms with Crippen molar-refractivity contribution in [2.24, 2.45) is 5.92 Å². The summed E-state index contributed by atoms with van der Waals surface area (Å²) in [7, 11) is 1.36. The van der Waals surface area contributed by atoms with Crippen LogP contribution in [0, 0.1) is 5.92 Å². The first-order valence-corrected chi connectivity index (χ1v) is 13.1. The van der Waals surface area contributed by atoms with Gasteiger partial charge in [0.05, 0.1) is 23.9 Å². The predicted octanol–water partition coefficient (Wildman–Crippen LogP) is 4.11. The number of hydrogen-bond acceptors (Lipinski definition) is 4. The molecule has 3 atom stereocenters. The molecule has 0 aromatic heterocycles. The van der Waals surface area contributed by atoms with Crippen molar-refractivity contribution in [1.29, 1.82) is 0 Å². The van der Waals surface area contributed by atoms with Gasteiger partial charge in [-0.2, -0.15) is 0 Å². The number of likely N-dealkylation sites (N-methyl/N-ethyl adjacent to an activating group) is 1. The highest BCUT2D eigenvalue weighted by molar-refractivity contribution is 6.74. The van der Waals surface area contributed by atoms with Crippen LogP contribution in [-0.2, 0) is 18.8 Å². The lowest BCUT2D eigenvalue weighted by Gasteiger charge is -2.41. The van der Waals surface area contributed by atoms with E-state index in [2.05, 4.69) is 47.4 Å². The summed E-state index contributed by atoms with van der Waals surface area (Å²) in [5, 5.41) is 0.0821. The Morgan fingerprint density at radius 3 is 2.36 bits per heavy atom. The molecule has 5 nitrogen and oxygen atoms in total. The maximum atomic E-state index is 12.6. The van der Waals surface area contributed by atoms with E-state index in [9.17, 15) is 9.59 Å². The first kappa shape index (κ1) is 23.0. The Morgan fingerprint density at radius 1 is 1.36 bits per heavy atom. The van der Waals surface area contributed by atoms with Gasteiger partial charge in [0.2, 0.25) is 0 Å². The second-order valence-electron chi connectivity index (χ2n) is 10.1. The zero-order chi connectivity index (χ0) is 21.5. The highest BCUT2D eigenvalue weighted by Crippen LogP contribution is 2.46. The summed E-state index contributed by atoms with van der Waals surface area (Å²) in [4.78, 5) is 26.5. The Kier molecular flexibility index (Phi) is 6.48. The third kappa shape index (κ3) is 4.66. The van der Waals surface area contributed by atoms with E-state index in [1.54, 1.807) is 14.1 Å². The Balaban J connectivity index is 2.35. The molecule has 28 heavy (non-hydrogen) atoms. The van der Waals surface area contributed by atoms with Gasteiger partial charge in [0.15, 0.2) is 14.1 Å². The fraction of sp³-hybridized carbons (Fsp3) is 0.727. The van der Waals surface area contributed by atoms with Gasteiger partial charge in [-0.25, -0.2) is 0 Å². The maximum absolute atomic E-state index is 12.6. The third-order valence-corrected chi connectivity index (χ3v) is 11.1. The summed E-state index contributed by atoms with van der Waals surface area (Å²) < 4.78 is 12.5. The summed E-state index contributed by atoms with van der Waals surface area (Å²) >= 11 is 0. The van der Waals surface area contributed by atoms with E-state index in [0.29, 0.717) is 31.4 Å². The van der Waals surface area contributed by atoms with Gasteiger partial charge in [0.1, 0.15) is 0 Å². The quantitative estimate of drug-likeness (QED) is 0.263.